The van der Waals surface area contributed by atoms with E-state index in [1.807, 2.05) is 6.07 Å². The second kappa shape index (κ2) is 6.53. The predicted molar refractivity (Wildman–Crippen MR) is 73.8 cm³/mol. The fourth-order valence-corrected chi connectivity index (χ4v) is 1.77. The Morgan fingerprint density at radius 3 is 2.67 bits per heavy atom. The molecule has 4 nitrogen and oxygen atoms in total. The highest BCUT2D eigenvalue weighted by atomic mass is 19.1. The Kier molecular flexibility index (Phi) is 4.52. The van der Waals surface area contributed by atoms with Gasteiger partial charge in [0.05, 0.1) is 18.7 Å². The number of benzene rings is 2. The summed E-state index contributed by atoms with van der Waals surface area (Å²) < 4.78 is 24.4. The molecule has 0 spiro atoms. The van der Waals surface area contributed by atoms with E-state index in [0.717, 1.165) is 6.07 Å². The third kappa shape index (κ3) is 3.37. The van der Waals surface area contributed by atoms with Gasteiger partial charge in [0.25, 0.3) is 0 Å². The Morgan fingerprint density at radius 1 is 1.24 bits per heavy atom. The molecule has 0 unspecified atom stereocenters. The van der Waals surface area contributed by atoms with Gasteiger partial charge in [-0.3, -0.25) is 4.79 Å². The van der Waals surface area contributed by atoms with Gasteiger partial charge in [-0.25, -0.2) is 4.39 Å². The van der Waals surface area contributed by atoms with Crippen LogP contribution in [0.1, 0.15) is 21.5 Å². The minimum Gasteiger partial charge on any atom is -0.493 e. The van der Waals surface area contributed by atoms with Gasteiger partial charge >= 0.3 is 0 Å². The van der Waals surface area contributed by atoms with Crippen molar-refractivity contribution in [1.82, 2.24) is 0 Å². The maximum Gasteiger partial charge on any atom is 0.161 e. The lowest BCUT2D eigenvalue weighted by Crippen LogP contribution is -2.01. The lowest BCUT2D eigenvalue weighted by atomic mass is 10.1. The molecule has 0 amide bonds. The third-order valence-corrected chi connectivity index (χ3v) is 2.89. The monoisotopic (exact) mass is 285 g/mol. The van der Waals surface area contributed by atoms with Gasteiger partial charge in [0.15, 0.2) is 11.5 Å². The lowest BCUT2D eigenvalue weighted by Gasteiger charge is -2.11. The minimum absolute atomic E-state index is 0.00562. The molecule has 0 bridgehead atoms. The van der Waals surface area contributed by atoms with Crippen LogP contribution in [0.15, 0.2) is 36.4 Å². The number of hydrogen-bond donors (Lipinski definition) is 0. The summed E-state index contributed by atoms with van der Waals surface area (Å²) in [5, 5.41) is 8.69. The maximum absolute atomic E-state index is 13.7. The first-order chi connectivity index (χ1) is 10.2. The number of rotatable bonds is 5. The Bertz CT molecular complexity index is 707. The van der Waals surface area contributed by atoms with Gasteiger partial charge in [-0.15, -0.1) is 0 Å². The molecular weight excluding hydrogens is 273 g/mol. The smallest absolute Gasteiger partial charge is 0.161 e. The van der Waals surface area contributed by atoms with Crippen molar-refractivity contribution in [3.8, 4) is 17.6 Å². The van der Waals surface area contributed by atoms with Crippen LogP contribution in [-0.4, -0.2) is 13.4 Å². The van der Waals surface area contributed by atoms with E-state index in [9.17, 15) is 9.18 Å². The Labute approximate surface area is 121 Å². The zero-order valence-corrected chi connectivity index (χ0v) is 11.3. The van der Waals surface area contributed by atoms with Crippen LogP contribution >= 0.6 is 0 Å². The molecule has 0 aliphatic carbocycles. The van der Waals surface area contributed by atoms with Crippen LogP contribution in [0.2, 0.25) is 0 Å². The zero-order valence-electron chi connectivity index (χ0n) is 11.3. The average Bonchev–Trinajstić information content (AvgIpc) is 2.53. The van der Waals surface area contributed by atoms with Crippen LogP contribution in [-0.2, 0) is 6.61 Å². The van der Waals surface area contributed by atoms with E-state index < -0.39 is 5.82 Å². The minimum atomic E-state index is -0.502. The molecular formula is C16H12FNO3. The molecule has 2 aromatic carbocycles. The Morgan fingerprint density at radius 2 is 2.05 bits per heavy atom. The molecule has 0 aliphatic rings. The highest BCUT2D eigenvalue weighted by molar-refractivity contribution is 5.76. The Hall–Kier alpha value is -2.87. The van der Waals surface area contributed by atoms with Gasteiger partial charge in [0.2, 0.25) is 0 Å². The van der Waals surface area contributed by atoms with Gasteiger partial charge in [0.1, 0.15) is 18.7 Å². The third-order valence-electron chi connectivity index (χ3n) is 2.89. The van der Waals surface area contributed by atoms with Crippen molar-refractivity contribution in [2.24, 2.45) is 0 Å². The van der Waals surface area contributed by atoms with Crippen molar-refractivity contribution >= 4 is 6.29 Å². The molecule has 0 saturated heterocycles. The number of methoxy groups -OCH3 is 1. The lowest BCUT2D eigenvalue weighted by molar-refractivity contribution is 0.112. The topological polar surface area (TPSA) is 59.3 Å². The molecule has 0 atom stereocenters. The van der Waals surface area contributed by atoms with Crippen LogP contribution in [0, 0.1) is 17.1 Å². The second-order valence-corrected chi connectivity index (χ2v) is 4.23. The van der Waals surface area contributed by atoms with Gasteiger partial charge in [-0.1, -0.05) is 6.07 Å². The summed E-state index contributed by atoms with van der Waals surface area (Å²) in [7, 11) is 1.46. The highest BCUT2D eigenvalue weighted by Gasteiger charge is 2.08. The first-order valence-electron chi connectivity index (χ1n) is 6.12. The summed E-state index contributed by atoms with van der Waals surface area (Å²) in [4.78, 5) is 10.7. The molecule has 0 heterocycles. The van der Waals surface area contributed by atoms with E-state index in [1.165, 1.54) is 25.3 Å². The van der Waals surface area contributed by atoms with Crippen molar-refractivity contribution in [3.63, 3.8) is 0 Å². The van der Waals surface area contributed by atoms with E-state index in [1.54, 1.807) is 12.1 Å². The predicted octanol–water partition coefficient (Wildman–Crippen LogP) is 3.10. The first kappa shape index (κ1) is 14.5. The van der Waals surface area contributed by atoms with Gasteiger partial charge in [-0.2, -0.15) is 5.26 Å². The molecule has 21 heavy (non-hydrogen) atoms. The SMILES string of the molecule is COc1cc(C=O)ccc1OCc1ccc(C#N)cc1F. The molecule has 0 aliphatic heterocycles. The van der Waals surface area contributed by atoms with E-state index >= 15 is 0 Å². The molecule has 5 heteroatoms. The van der Waals surface area contributed by atoms with Gasteiger partial charge in [-0.05, 0) is 30.3 Å². The van der Waals surface area contributed by atoms with Crippen molar-refractivity contribution < 1.29 is 18.7 Å². The standard InChI is InChI=1S/C16H12FNO3/c1-20-16-7-12(9-19)3-5-15(16)21-10-13-4-2-11(8-18)6-14(13)17/h2-7,9H,10H2,1H3. The molecule has 0 radical (unpaired) electrons. The number of halogens is 1. The fourth-order valence-electron chi connectivity index (χ4n) is 1.77. The number of carbonyl (C=O) groups is 1. The quantitative estimate of drug-likeness (QED) is 0.792. The second-order valence-electron chi connectivity index (χ2n) is 4.23. The first-order valence-corrected chi connectivity index (χ1v) is 6.12. The van der Waals surface area contributed by atoms with Crippen molar-refractivity contribution in [2.45, 2.75) is 6.61 Å². The molecule has 2 rings (SSSR count). The number of aldehydes is 1. The summed E-state index contributed by atoms with van der Waals surface area (Å²) in [5.74, 6) is 0.304. The normalized spacial score (nSPS) is 9.76. The fraction of sp³-hybridized carbons (Fsp3) is 0.125. The van der Waals surface area contributed by atoms with Crippen LogP contribution in [0.4, 0.5) is 4.39 Å². The summed E-state index contributed by atoms with van der Waals surface area (Å²) in [6.45, 7) is -0.00562. The van der Waals surface area contributed by atoms with E-state index in [0.29, 0.717) is 28.9 Å². The summed E-state index contributed by atoms with van der Waals surface area (Å²) in [5.41, 5.74) is 1.04. The number of hydrogen-bond acceptors (Lipinski definition) is 4. The van der Waals surface area contributed by atoms with E-state index in [4.69, 9.17) is 14.7 Å². The number of carbonyl (C=O) groups excluding carboxylic acids is 1. The molecule has 2 aromatic rings. The summed E-state index contributed by atoms with van der Waals surface area (Å²) in [6, 6.07) is 10.8. The molecule has 106 valence electrons. The summed E-state index contributed by atoms with van der Waals surface area (Å²) in [6.07, 6.45) is 0.701. The van der Waals surface area contributed by atoms with Crippen LogP contribution < -0.4 is 9.47 Å². The molecule has 0 fully saturated rings. The highest BCUT2D eigenvalue weighted by Crippen LogP contribution is 2.28. The zero-order chi connectivity index (χ0) is 15.2. The van der Waals surface area contributed by atoms with Gasteiger partial charge < -0.3 is 9.47 Å². The van der Waals surface area contributed by atoms with Gasteiger partial charge in [0, 0.05) is 11.1 Å². The van der Waals surface area contributed by atoms with Crippen molar-refractivity contribution in [2.75, 3.05) is 7.11 Å². The number of nitriles is 1. The van der Waals surface area contributed by atoms with Crippen LogP contribution in [0.25, 0.3) is 0 Å². The molecule has 0 aromatic heterocycles. The Balaban J connectivity index is 2.16. The average molecular weight is 285 g/mol. The van der Waals surface area contributed by atoms with E-state index in [2.05, 4.69) is 0 Å². The maximum atomic E-state index is 13.7. The number of nitrogens with zero attached hydrogens (tertiary/aromatic N) is 1. The number of ether oxygens (including phenoxy) is 2. The van der Waals surface area contributed by atoms with Crippen molar-refractivity contribution in [3.05, 3.63) is 58.9 Å². The molecule has 0 saturated carbocycles. The van der Waals surface area contributed by atoms with E-state index in [-0.39, 0.29) is 12.2 Å². The van der Waals surface area contributed by atoms with Crippen LogP contribution in [0.5, 0.6) is 11.5 Å². The molecule has 0 N–H and O–H groups in total. The van der Waals surface area contributed by atoms with Crippen molar-refractivity contribution in [1.29, 1.82) is 5.26 Å². The largest absolute Gasteiger partial charge is 0.493 e. The summed E-state index contributed by atoms with van der Waals surface area (Å²) >= 11 is 0. The van der Waals surface area contributed by atoms with Crippen LogP contribution in [0.3, 0.4) is 0 Å².